The van der Waals surface area contributed by atoms with Crippen molar-refractivity contribution in [3.05, 3.63) is 16.7 Å². The number of morpholine rings is 1. The van der Waals surface area contributed by atoms with E-state index >= 15 is 0 Å². The van der Waals surface area contributed by atoms with E-state index < -0.39 is 0 Å². The van der Waals surface area contributed by atoms with Gasteiger partial charge in [-0.05, 0) is 36.7 Å². The van der Waals surface area contributed by atoms with Crippen molar-refractivity contribution < 1.29 is 9.53 Å². The minimum absolute atomic E-state index is 0.175. The molecule has 2 N–H and O–H groups in total. The summed E-state index contributed by atoms with van der Waals surface area (Å²) in [5.74, 6) is 0.533. The molecule has 0 aliphatic carbocycles. The summed E-state index contributed by atoms with van der Waals surface area (Å²) in [5, 5.41) is 5.42. The van der Waals surface area contributed by atoms with Gasteiger partial charge >= 0.3 is 6.03 Å². The lowest BCUT2D eigenvalue weighted by atomic mass is 10.2. The summed E-state index contributed by atoms with van der Waals surface area (Å²) in [7, 11) is 0. The molecule has 2 amide bonds. The van der Waals surface area contributed by atoms with Crippen LogP contribution in [0.3, 0.4) is 0 Å². The minimum atomic E-state index is -0.248. The van der Waals surface area contributed by atoms with Gasteiger partial charge in [-0.1, -0.05) is 0 Å². The average molecular weight is 357 g/mol. The van der Waals surface area contributed by atoms with Gasteiger partial charge in [-0.3, -0.25) is 5.32 Å². The van der Waals surface area contributed by atoms with Gasteiger partial charge in [0, 0.05) is 31.9 Å². The summed E-state index contributed by atoms with van der Waals surface area (Å²) in [4.78, 5) is 18.0. The predicted molar refractivity (Wildman–Crippen MR) is 86.9 cm³/mol. The highest BCUT2D eigenvalue weighted by Crippen LogP contribution is 2.30. The van der Waals surface area contributed by atoms with Gasteiger partial charge in [-0.15, -0.1) is 0 Å². The number of amides is 2. The second-order valence-corrected chi connectivity index (χ2v) is 6.02. The summed E-state index contributed by atoms with van der Waals surface area (Å²) < 4.78 is 6.66. The number of halogens is 1. The van der Waals surface area contributed by atoms with Gasteiger partial charge in [-0.2, -0.15) is 0 Å². The first-order valence-corrected chi connectivity index (χ1v) is 7.89. The van der Waals surface area contributed by atoms with Crippen LogP contribution in [0.15, 0.2) is 16.7 Å². The Morgan fingerprint density at radius 2 is 2.14 bits per heavy atom. The molecule has 0 spiro atoms. The van der Waals surface area contributed by atoms with Crippen LogP contribution in [0.25, 0.3) is 0 Å². The highest BCUT2D eigenvalue weighted by molar-refractivity contribution is 9.10. The molecule has 1 aromatic rings. The summed E-state index contributed by atoms with van der Waals surface area (Å²) in [6, 6.07) is 1.63. The van der Waals surface area contributed by atoms with Crippen molar-refractivity contribution >= 4 is 33.5 Å². The number of rotatable bonds is 3. The Kier molecular flexibility index (Phi) is 5.41. The molecular formula is C14H21BrN4O2. The first kappa shape index (κ1) is 16.0. The van der Waals surface area contributed by atoms with Crippen LogP contribution in [0.5, 0.6) is 0 Å². The Morgan fingerprint density at radius 3 is 2.76 bits per heavy atom. The molecule has 2 atom stereocenters. The topological polar surface area (TPSA) is 66.5 Å². The molecule has 1 aromatic heterocycles. The summed E-state index contributed by atoms with van der Waals surface area (Å²) in [5.41, 5.74) is 1.01. The number of pyridine rings is 1. The highest BCUT2D eigenvalue weighted by atomic mass is 79.9. The number of nitrogens with zero attached hydrogens (tertiary/aromatic N) is 2. The predicted octanol–water partition coefficient (Wildman–Crippen LogP) is 2.60. The van der Waals surface area contributed by atoms with E-state index in [-0.39, 0.29) is 18.2 Å². The van der Waals surface area contributed by atoms with Crippen molar-refractivity contribution in [3.8, 4) is 0 Å². The Bertz CT molecular complexity index is 502. The van der Waals surface area contributed by atoms with Crippen LogP contribution in [0.1, 0.15) is 20.8 Å². The monoisotopic (exact) mass is 356 g/mol. The summed E-state index contributed by atoms with van der Waals surface area (Å²) >= 11 is 3.53. The van der Waals surface area contributed by atoms with E-state index in [1.807, 2.05) is 13.0 Å². The lowest BCUT2D eigenvalue weighted by Crippen LogP contribution is -2.45. The second-order valence-electron chi connectivity index (χ2n) is 5.17. The van der Waals surface area contributed by atoms with Crippen LogP contribution in [-0.4, -0.2) is 42.9 Å². The Labute approximate surface area is 133 Å². The number of nitrogens with one attached hydrogen (secondary N) is 2. The molecule has 1 fully saturated rings. The number of aromatic nitrogens is 1. The van der Waals surface area contributed by atoms with Gasteiger partial charge in [0.2, 0.25) is 0 Å². The Balaban J connectivity index is 2.16. The standard InChI is InChI=1S/C14H21BrN4O2/c1-4-16-14(20)18-13-5-12(11(15)6-17-13)19-7-9(2)21-10(3)8-19/h5-6,9-10H,4,7-8H2,1-3H3,(H2,16,17,18,20). The third-order valence-corrected chi connectivity index (χ3v) is 3.79. The van der Waals surface area contributed by atoms with E-state index in [0.29, 0.717) is 12.4 Å². The second kappa shape index (κ2) is 7.09. The SMILES string of the molecule is CCNC(=O)Nc1cc(N2CC(C)OC(C)C2)c(Br)cn1. The first-order chi connectivity index (χ1) is 9.99. The molecule has 0 aromatic carbocycles. The molecule has 2 unspecified atom stereocenters. The van der Waals surface area contributed by atoms with Gasteiger partial charge in [0.1, 0.15) is 5.82 Å². The summed E-state index contributed by atoms with van der Waals surface area (Å²) in [6.07, 6.45) is 2.06. The average Bonchev–Trinajstić information content (AvgIpc) is 2.40. The molecular weight excluding hydrogens is 336 g/mol. The maximum atomic E-state index is 11.6. The molecule has 0 bridgehead atoms. The number of ether oxygens (including phenoxy) is 1. The molecule has 6 nitrogen and oxygen atoms in total. The molecule has 1 saturated heterocycles. The third kappa shape index (κ3) is 4.31. The van der Waals surface area contributed by atoms with Crippen molar-refractivity contribution in [2.24, 2.45) is 0 Å². The molecule has 1 aliphatic rings. The molecule has 21 heavy (non-hydrogen) atoms. The quantitative estimate of drug-likeness (QED) is 0.873. The normalized spacial score (nSPS) is 22.0. The number of hydrogen-bond acceptors (Lipinski definition) is 4. The fourth-order valence-electron chi connectivity index (χ4n) is 2.43. The van der Waals surface area contributed by atoms with Gasteiger partial charge < -0.3 is 15.0 Å². The molecule has 7 heteroatoms. The molecule has 2 heterocycles. The van der Waals surface area contributed by atoms with E-state index in [1.54, 1.807) is 6.20 Å². The lowest BCUT2D eigenvalue weighted by molar-refractivity contribution is -0.00525. The zero-order chi connectivity index (χ0) is 15.4. The van der Waals surface area contributed by atoms with Crippen molar-refractivity contribution in [1.29, 1.82) is 0 Å². The lowest BCUT2D eigenvalue weighted by Gasteiger charge is -2.37. The van der Waals surface area contributed by atoms with Gasteiger partial charge in [0.25, 0.3) is 0 Å². The van der Waals surface area contributed by atoms with Crippen LogP contribution >= 0.6 is 15.9 Å². The Hall–Kier alpha value is -1.34. The van der Waals surface area contributed by atoms with Crippen molar-refractivity contribution in [1.82, 2.24) is 10.3 Å². The number of carbonyl (C=O) groups is 1. The zero-order valence-corrected chi connectivity index (χ0v) is 14.1. The zero-order valence-electron chi connectivity index (χ0n) is 12.5. The Morgan fingerprint density at radius 1 is 1.48 bits per heavy atom. The molecule has 116 valence electrons. The van der Waals surface area contributed by atoms with Crippen LogP contribution in [-0.2, 0) is 4.74 Å². The van der Waals surface area contributed by atoms with E-state index in [9.17, 15) is 4.79 Å². The van der Waals surface area contributed by atoms with E-state index in [0.717, 1.165) is 23.2 Å². The maximum absolute atomic E-state index is 11.6. The molecule has 0 radical (unpaired) electrons. The van der Waals surface area contributed by atoms with E-state index in [2.05, 4.69) is 50.3 Å². The highest BCUT2D eigenvalue weighted by Gasteiger charge is 2.24. The van der Waals surface area contributed by atoms with Crippen molar-refractivity contribution in [3.63, 3.8) is 0 Å². The number of urea groups is 1. The number of hydrogen-bond donors (Lipinski definition) is 2. The van der Waals surface area contributed by atoms with Crippen LogP contribution in [0.2, 0.25) is 0 Å². The first-order valence-electron chi connectivity index (χ1n) is 7.10. The number of anilines is 2. The largest absolute Gasteiger partial charge is 0.372 e. The van der Waals surface area contributed by atoms with E-state index in [4.69, 9.17) is 4.74 Å². The van der Waals surface area contributed by atoms with E-state index in [1.165, 1.54) is 0 Å². The molecule has 1 aliphatic heterocycles. The van der Waals surface area contributed by atoms with Gasteiger partial charge in [0.05, 0.1) is 22.4 Å². The van der Waals surface area contributed by atoms with Crippen LogP contribution in [0, 0.1) is 0 Å². The maximum Gasteiger partial charge on any atom is 0.320 e. The minimum Gasteiger partial charge on any atom is -0.372 e. The smallest absolute Gasteiger partial charge is 0.320 e. The number of carbonyl (C=O) groups excluding carboxylic acids is 1. The molecule has 2 rings (SSSR count). The third-order valence-electron chi connectivity index (χ3n) is 3.17. The molecule has 0 saturated carbocycles. The fourth-order valence-corrected chi connectivity index (χ4v) is 2.90. The van der Waals surface area contributed by atoms with Crippen molar-refractivity contribution in [2.75, 3.05) is 29.9 Å². The summed E-state index contributed by atoms with van der Waals surface area (Å²) in [6.45, 7) is 8.20. The fraction of sp³-hybridized carbons (Fsp3) is 0.571. The van der Waals surface area contributed by atoms with Crippen LogP contribution in [0.4, 0.5) is 16.3 Å². The van der Waals surface area contributed by atoms with Gasteiger partial charge in [-0.25, -0.2) is 9.78 Å². The van der Waals surface area contributed by atoms with Gasteiger partial charge in [0.15, 0.2) is 0 Å². The van der Waals surface area contributed by atoms with Crippen LogP contribution < -0.4 is 15.5 Å². The van der Waals surface area contributed by atoms with Crippen molar-refractivity contribution in [2.45, 2.75) is 33.0 Å².